The minimum absolute atomic E-state index is 0.159. The van der Waals surface area contributed by atoms with Gasteiger partial charge in [-0.05, 0) is 12.0 Å². The van der Waals surface area contributed by atoms with Crippen molar-refractivity contribution in [3.05, 3.63) is 35.9 Å². The molecule has 0 bridgehead atoms. The fraction of sp³-hybridized carbons (Fsp3) is 0.364. The largest absolute Gasteiger partial charge is 0.354 e. The number of sulfonamides is 1. The van der Waals surface area contributed by atoms with E-state index in [1.54, 1.807) is 24.3 Å². The molecule has 6 nitrogen and oxygen atoms in total. The van der Waals surface area contributed by atoms with E-state index in [4.69, 9.17) is 10.9 Å². The third-order valence-electron chi connectivity index (χ3n) is 2.35. The van der Waals surface area contributed by atoms with Crippen LogP contribution < -0.4 is 16.2 Å². The molecule has 1 amide bonds. The van der Waals surface area contributed by atoms with Gasteiger partial charge in [0.25, 0.3) is 0 Å². The Morgan fingerprint density at radius 3 is 2.44 bits per heavy atom. The first kappa shape index (κ1) is 14.6. The van der Waals surface area contributed by atoms with Crippen LogP contribution in [0.3, 0.4) is 0 Å². The van der Waals surface area contributed by atoms with Crippen molar-refractivity contribution in [3.63, 3.8) is 0 Å². The lowest BCUT2D eigenvalue weighted by Gasteiger charge is -2.12. The summed E-state index contributed by atoms with van der Waals surface area (Å²) < 4.78 is 21.3. The van der Waals surface area contributed by atoms with Crippen LogP contribution in [0.15, 0.2) is 30.3 Å². The monoisotopic (exact) mass is 271 g/mol. The van der Waals surface area contributed by atoms with Gasteiger partial charge in [0.2, 0.25) is 15.9 Å². The Labute approximate surface area is 106 Å². The molecule has 100 valence electrons. The minimum atomic E-state index is -3.48. The van der Waals surface area contributed by atoms with Crippen LogP contribution in [0, 0.1) is 0 Å². The number of carbonyl (C=O) groups is 1. The van der Waals surface area contributed by atoms with E-state index in [9.17, 15) is 13.2 Å². The average molecular weight is 271 g/mol. The molecule has 1 atom stereocenters. The molecule has 0 fully saturated rings. The zero-order chi connectivity index (χ0) is 13.6. The Bertz CT molecular complexity index is 488. The van der Waals surface area contributed by atoms with Crippen molar-refractivity contribution >= 4 is 15.9 Å². The molecular weight excluding hydrogens is 254 g/mol. The first-order valence-electron chi connectivity index (χ1n) is 5.49. The van der Waals surface area contributed by atoms with E-state index in [1.807, 2.05) is 6.07 Å². The standard InChI is InChI=1S/C11H17N3O3S/c12-10(9-5-2-1-3-6-9)11(15)14-7-4-8-18(13,16)17/h1-3,5-6,10H,4,7-8,12H2,(H,14,15)(H2,13,16,17)/t10-/m1/s1. The topological polar surface area (TPSA) is 115 Å². The lowest BCUT2D eigenvalue weighted by atomic mass is 10.1. The van der Waals surface area contributed by atoms with Gasteiger partial charge in [-0.3, -0.25) is 4.79 Å². The van der Waals surface area contributed by atoms with Crippen molar-refractivity contribution in [1.29, 1.82) is 0 Å². The molecule has 0 saturated carbocycles. The number of hydrogen-bond donors (Lipinski definition) is 3. The molecule has 0 spiro atoms. The van der Waals surface area contributed by atoms with E-state index < -0.39 is 16.1 Å². The maximum absolute atomic E-state index is 11.7. The Kier molecular flexibility index (Phi) is 5.26. The van der Waals surface area contributed by atoms with Gasteiger partial charge in [0.05, 0.1) is 5.75 Å². The molecule has 18 heavy (non-hydrogen) atoms. The Morgan fingerprint density at radius 1 is 1.28 bits per heavy atom. The fourth-order valence-corrected chi connectivity index (χ4v) is 1.95. The summed E-state index contributed by atoms with van der Waals surface area (Å²) in [5, 5.41) is 7.41. The molecule has 1 aromatic carbocycles. The summed E-state index contributed by atoms with van der Waals surface area (Å²) >= 11 is 0. The van der Waals surface area contributed by atoms with Crippen LogP contribution in [0.4, 0.5) is 0 Å². The van der Waals surface area contributed by atoms with Gasteiger partial charge in [-0.15, -0.1) is 0 Å². The van der Waals surface area contributed by atoms with E-state index in [1.165, 1.54) is 0 Å². The van der Waals surface area contributed by atoms with Gasteiger partial charge < -0.3 is 11.1 Å². The third kappa shape index (κ3) is 5.26. The van der Waals surface area contributed by atoms with Crippen LogP contribution in [0.25, 0.3) is 0 Å². The van der Waals surface area contributed by atoms with Crippen molar-refractivity contribution in [1.82, 2.24) is 5.32 Å². The number of benzene rings is 1. The van der Waals surface area contributed by atoms with E-state index in [0.717, 1.165) is 0 Å². The Morgan fingerprint density at radius 2 is 1.89 bits per heavy atom. The van der Waals surface area contributed by atoms with E-state index >= 15 is 0 Å². The third-order valence-corrected chi connectivity index (χ3v) is 3.20. The smallest absolute Gasteiger partial charge is 0.241 e. The zero-order valence-corrected chi connectivity index (χ0v) is 10.7. The first-order chi connectivity index (χ1) is 8.40. The molecule has 0 heterocycles. The summed E-state index contributed by atoms with van der Waals surface area (Å²) in [5.74, 6) is -0.496. The highest BCUT2D eigenvalue weighted by Crippen LogP contribution is 2.08. The average Bonchev–Trinajstić information content (AvgIpc) is 2.33. The number of nitrogens with two attached hydrogens (primary N) is 2. The van der Waals surface area contributed by atoms with Crippen LogP contribution in [0.2, 0.25) is 0 Å². The summed E-state index contributed by atoms with van der Waals surface area (Å²) in [6.45, 7) is 0.232. The molecule has 0 aliphatic heterocycles. The maximum Gasteiger partial charge on any atom is 0.241 e. The molecular formula is C11H17N3O3S. The predicted molar refractivity (Wildman–Crippen MR) is 69.0 cm³/mol. The van der Waals surface area contributed by atoms with E-state index in [-0.39, 0.29) is 24.6 Å². The van der Waals surface area contributed by atoms with Crippen LogP contribution in [-0.4, -0.2) is 26.6 Å². The number of amides is 1. The van der Waals surface area contributed by atoms with Crippen molar-refractivity contribution in [3.8, 4) is 0 Å². The molecule has 0 radical (unpaired) electrons. The first-order valence-corrected chi connectivity index (χ1v) is 7.20. The van der Waals surface area contributed by atoms with Crippen molar-refractivity contribution in [2.45, 2.75) is 12.5 Å². The molecule has 5 N–H and O–H groups in total. The zero-order valence-electron chi connectivity index (χ0n) is 9.87. The van der Waals surface area contributed by atoms with Crippen LogP contribution in [0.1, 0.15) is 18.0 Å². The number of carbonyl (C=O) groups excluding carboxylic acids is 1. The second-order valence-corrected chi connectivity index (χ2v) is 5.63. The maximum atomic E-state index is 11.7. The molecule has 0 aromatic heterocycles. The number of hydrogen-bond acceptors (Lipinski definition) is 4. The van der Waals surface area contributed by atoms with Gasteiger partial charge in [0.15, 0.2) is 0 Å². The van der Waals surface area contributed by atoms with Gasteiger partial charge in [0.1, 0.15) is 6.04 Å². The molecule has 0 aliphatic carbocycles. The Balaban J connectivity index is 2.38. The second-order valence-electron chi connectivity index (χ2n) is 3.90. The van der Waals surface area contributed by atoms with Crippen molar-refractivity contribution in [2.24, 2.45) is 10.9 Å². The summed E-state index contributed by atoms with van der Waals surface area (Å²) in [7, 11) is -3.48. The SMILES string of the molecule is N[C@@H](C(=O)NCCCS(N)(=O)=O)c1ccccc1. The number of nitrogens with one attached hydrogen (secondary N) is 1. The lowest BCUT2D eigenvalue weighted by Crippen LogP contribution is -2.35. The van der Waals surface area contributed by atoms with Gasteiger partial charge in [-0.25, -0.2) is 13.6 Å². The Hall–Kier alpha value is -1.44. The highest BCUT2D eigenvalue weighted by atomic mass is 32.2. The second kappa shape index (κ2) is 6.48. The van der Waals surface area contributed by atoms with Gasteiger partial charge in [-0.1, -0.05) is 30.3 Å². The lowest BCUT2D eigenvalue weighted by molar-refractivity contribution is -0.122. The highest BCUT2D eigenvalue weighted by Gasteiger charge is 2.14. The molecule has 0 saturated heterocycles. The number of primary sulfonamides is 1. The van der Waals surface area contributed by atoms with E-state index in [2.05, 4.69) is 5.32 Å². The molecule has 0 unspecified atom stereocenters. The van der Waals surface area contributed by atoms with Crippen LogP contribution in [-0.2, 0) is 14.8 Å². The summed E-state index contributed by atoms with van der Waals surface area (Å²) in [4.78, 5) is 11.7. The normalized spacial score (nSPS) is 13.0. The van der Waals surface area contributed by atoms with Crippen molar-refractivity contribution in [2.75, 3.05) is 12.3 Å². The highest BCUT2D eigenvalue weighted by molar-refractivity contribution is 7.89. The summed E-state index contributed by atoms with van der Waals surface area (Å²) in [5.41, 5.74) is 6.46. The van der Waals surface area contributed by atoms with Crippen molar-refractivity contribution < 1.29 is 13.2 Å². The van der Waals surface area contributed by atoms with Gasteiger partial charge in [0, 0.05) is 6.54 Å². The van der Waals surface area contributed by atoms with Gasteiger partial charge >= 0.3 is 0 Å². The fourth-order valence-electron chi connectivity index (χ4n) is 1.41. The predicted octanol–water partition coefficient (Wildman–Crippen LogP) is -0.519. The number of rotatable bonds is 6. The van der Waals surface area contributed by atoms with Crippen LogP contribution in [0.5, 0.6) is 0 Å². The quantitative estimate of drug-likeness (QED) is 0.604. The van der Waals surface area contributed by atoms with Crippen LogP contribution >= 0.6 is 0 Å². The molecule has 7 heteroatoms. The minimum Gasteiger partial charge on any atom is -0.354 e. The summed E-state index contributed by atoms with van der Waals surface area (Å²) in [6, 6.07) is 8.19. The molecule has 1 rings (SSSR count). The molecule has 1 aromatic rings. The van der Waals surface area contributed by atoms with Gasteiger partial charge in [-0.2, -0.15) is 0 Å². The van der Waals surface area contributed by atoms with E-state index in [0.29, 0.717) is 5.56 Å². The molecule has 0 aliphatic rings. The summed E-state index contributed by atoms with van der Waals surface area (Å²) in [6.07, 6.45) is 0.270.